The third-order valence-corrected chi connectivity index (χ3v) is 3.98. The predicted molar refractivity (Wildman–Crippen MR) is 74.3 cm³/mol. The number of aryl methyl sites for hydroxylation is 1. The maximum Gasteiger partial charge on any atom is 0.417 e. The van der Waals surface area contributed by atoms with E-state index in [-0.39, 0.29) is 24.2 Å². The van der Waals surface area contributed by atoms with E-state index in [4.69, 9.17) is 5.11 Å². The van der Waals surface area contributed by atoms with E-state index in [2.05, 4.69) is 0 Å². The van der Waals surface area contributed by atoms with Gasteiger partial charge in [-0.25, -0.2) is 4.79 Å². The first-order chi connectivity index (χ1) is 10.5. The highest BCUT2D eigenvalue weighted by Crippen LogP contribution is 2.38. The smallest absolute Gasteiger partial charge is 0.417 e. The van der Waals surface area contributed by atoms with Crippen molar-refractivity contribution in [2.75, 3.05) is 13.1 Å². The molecule has 1 heterocycles. The fourth-order valence-electron chi connectivity index (χ4n) is 2.58. The number of hydrogen-bond acceptors (Lipinski definition) is 3. The summed E-state index contributed by atoms with van der Waals surface area (Å²) in [5.41, 5.74) is -2.16. The zero-order valence-corrected chi connectivity index (χ0v) is 12.4. The van der Waals surface area contributed by atoms with Gasteiger partial charge in [0.1, 0.15) is 0 Å². The van der Waals surface area contributed by atoms with Crippen molar-refractivity contribution in [1.82, 2.24) is 4.90 Å². The fraction of sp³-hybridized carbons (Fsp3) is 0.467. The van der Waals surface area contributed by atoms with Crippen molar-refractivity contribution < 1.29 is 33.0 Å². The molecule has 0 spiro atoms. The molecule has 1 aliphatic heterocycles. The first-order valence-electron chi connectivity index (χ1n) is 6.97. The third kappa shape index (κ3) is 3.47. The topological polar surface area (TPSA) is 77.8 Å². The van der Waals surface area contributed by atoms with E-state index < -0.39 is 36.5 Å². The van der Waals surface area contributed by atoms with Crippen LogP contribution in [0.3, 0.4) is 0 Å². The highest BCUT2D eigenvalue weighted by atomic mass is 19.4. The Morgan fingerprint density at radius 3 is 2.13 bits per heavy atom. The first-order valence-corrected chi connectivity index (χ1v) is 6.97. The molecule has 0 atom stereocenters. The maximum atomic E-state index is 12.8. The average Bonchev–Trinajstić information content (AvgIpc) is 2.45. The van der Waals surface area contributed by atoms with Crippen LogP contribution in [0.2, 0.25) is 0 Å². The van der Waals surface area contributed by atoms with Crippen LogP contribution in [0.4, 0.5) is 13.2 Å². The minimum atomic E-state index is -4.73. The number of carboxylic acid groups (broad SMARTS) is 1. The molecular formula is C15H16F3NO4. The molecular weight excluding hydrogens is 315 g/mol. The van der Waals surface area contributed by atoms with Crippen molar-refractivity contribution in [2.45, 2.75) is 31.5 Å². The van der Waals surface area contributed by atoms with Crippen LogP contribution in [0.5, 0.6) is 0 Å². The number of carbonyl (C=O) groups is 2. The number of carbonyl (C=O) groups excluding carboxylic acids is 1. The number of alkyl halides is 3. The Balaban J connectivity index is 2.16. The van der Waals surface area contributed by atoms with Crippen LogP contribution in [0.1, 0.15) is 39.1 Å². The Kier molecular flexibility index (Phi) is 4.39. The quantitative estimate of drug-likeness (QED) is 0.871. The highest BCUT2D eigenvalue weighted by Gasteiger charge is 2.54. The van der Waals surface area contributed by atoms with Crippen molar-refractivity contribution in [3.05, 3.63) is 34.9 Å². The molecule has 126 valence electrons. The van der Waals surface area contributed by atoms with Crippen LogP contribution in [-0.4, -0.2) is 51.9 Å². The molecule has 0 saturated carbocycles. The SMILES string of the molecule is Cc1cc(C(=O)O)cc(C(=O)N2CCC(O)(C(F)(F)F)CC2)c1. The van der Waals surface area contributed by atoms with Gasteiger partial charge in [0.25, 0.3) is 5.91 Å². The van der Waals surface area contributed by atoms with Crippen molar-refractivity contribution >= 4 is 11.9 Å². The van der Waals surface area contributed by atoms with E-state index in [0.717, 1.165) is 0 Å². The van der Waals surface area contributed by atoms with E-state index in [1.807, 2.05) is 0 Å². The van der Waals surface area contributed by atoms with Gasteiger partial charge in [-0.1, -0.05) is 0 Å². The van der Waals surface area contributed by atoms with Crippen LogP contribution < -0.4 is 0 Å². The monoisotopic (exact) mass is 331 g/mol. The summed E-state index contributed by atoms with van der Waals surface area (Å²) in [6, 6.07) is 4.08. The molecule has 23 heavy (non-hydrogen) atoms. The molecule has 8 heteroatoms. The van der Waals surface area contributed by atoms with Crippen LogP contribution >= 0.6 is 0 Å². The minimum Gasteiger partial charge on any atom is -0.478 e. The molecule has 0 aromatic heterocycles. The number of hydrogen-bond donors (Lipinski definition) is 2. The molecule has 1 aliphatic rings. The van der Waals surface area contributed by atoms with Gasteiger partial charge in [0.05, 0.1) is 5.56 Å². The second-order valence-corrected chi connectivity index (χ2v) is 5.71. The van der Waals surface area contributed by atoms with E-state index >= 15 is 0 Å². The lowest BCUT2D eigenvalue weighted by Crippen LogP contribution is -2.54. The lowest BCUT2D eigenvalue weighted by molar-refractivity contribution is -0.271. The van der Waals surface area contributed by atoms with Gasteiger partial charge >= 0.3 is 12.1 Å². The van der Waals surface area contributed by atoms with Gasteiger partial charge in [0.2, 0.25) is 0 Å². The number of piperidine rings is 1. The summed E-state index contributed by atoms with van der Waals surface area (Å²) in [7, 11) is 0. The van der Waals surface area contributed by atoms with Gasteiger partial charge < -0.3 is 15.1 Å². The number of aliphatic hydroxyl groups is 1. The molecule has 1 saturated heterocycles. The molecule has 0 bridgehead atoms. The van der Waals surface area contributed by atoms with Crippen molar-refractivity contribution in [3.63, 3.8) is 0 Å². The zero-order chi connectivity index (χ0) is 17.4. The van der Waals surface area contributed by atoms with Gasteiger partial charge in [0, 0.05) is 31.5 Å². The lowest BCUT2D eigenvalue weighted by Gasteiger charge is -2.39. The van der Waals surface area contributed by atoms with Crippen molar-refractivity contribution in [3.8, 4) is 0 Å². The zero-order valence-electron chi connectivity index (χ0n) is 12.4. The number of amides is 1. The summed E-state index contributed by atoms with van der Waals surface area (Å²) in [6.45, 7) is 1.14. The summed E-state index contributed by atoms with van der Waals surface area (Å²) in [6.07, 6.45) is -5.93. The molecule has 1 fully saturated rings. The summed E-state index contributed by atoms with van der Waals surface area (Å²) in [5.74, 6) is -1.73. The number of nitrogens with zero attached hydrogens (tertiary/aromatic N) is 1. The molecule has 0 aliphatic carbocycles. The fourth-order valence-corrected chi connectivity index (χ4v) is 2.58. The normalized spacial score (nSPS) is 17.9. The number of benzene rings is 1. The van der Waals surface area contributed by atoms with E-state index in [0.29, 0.717) is 5.56 Å². The van der Waals surface area contributed by atoms with E-state index in [9.17, 15) is 27.9 Å². The number of aromatic carboxylic acids is 1. The van der Waals surface area contributed by atoms with Crippen LogP contribution in [0, 0.1) is 6.92 Å². The minimum absolute atomic E-state index is 0.0582. The van der Waals surface area contributed by atoms with Gasteiger partial charge in [-0.05, 0) is 30.7 Å². The largest absolute Gasteiger partial charge is 0.478 e. The Labute approximate surface area is 130 Å². The summed E-state index contributed by atoms with van der Waals surface area (Å²) < 4.78 is 38.3. The average molecular weight is 331 g/mol. The van der Waals surface area contributed by atoms with Crippen molar-refractivity contribution in [1.29, 1.82) is 0 Å². The van der Waals surface area contributed by atoms with Gasteiger partial charge in [-0.2, -0.15) is 13.2 Å². The van der Waals surface area contributed by atoms with Crippen LogP contribution in [0.15, 0.2) is 18.2 Å². The third-order valence-electron chi connectivity index (χ3n) is 3.98. The van der Waals surface area contributed by atoms with Crippen LogP contribution in [0.25, 0.3) is 0 Å². The predicted octanol–water partition coefficient (Wildman–Crippen LogP) is 2.22. The Morgan fingerprint density at radius 2 is 1.65 bits per heavy atom. The maximum absolute atomic E-state index is 12.8. The number of rotatable bonds is 2. The number of carboxylic acids is 1. The molecule has 2 rings (SSSR count). The number of halogens is 3. The Bertz CT molecular complexity index is 634. The van der Waals surface area contributed by atoms with Crippen molar-refractivity contribution in [2.24, 2.45) is 0 Å². The highest BCUT2D eigenvalue weighted by molar-refractivity contribution is 5.97. The molecule has 2 N–H and O–H groups in total. The lowest BCUT2D eigenvalue weighted by atomic mass is 9.90. The summed E-state index contributed by atoms with van der Waals surface area (Å²) in [4.78, 5) is 24.6. The number of likely N-dealkylation sites (tertiary alicyclic amines) is 1. The second-order valence-electron chi connectivity index (χ2n) is 5.71. The Morgan fingerprint density at radius 1 is 1.13 bits per heavy atom. The second kappa shape index (κ2) is 5.84. The first kappa shape index (κ1) is 17.3. The van der Waals surface area contributed by atoms with E-state index in [1.54, 1.807) is 6.92 Å². The Hall–Kier alpha value is -2.09. The molecule has 1 aromatic rings. The standard InChI is InChI=1S/C15H16F3NO4/c1-9-6-10(8-11(7-9)13(21)22)12(20)19-4-2-14(23,3-5-19)15(16,17)18/h6-8,23H,2-5H2,1H3,(H,21,22). The summed E-state index contributed by atoms with van der Waals surface area (Å²) in [5, 5.41) is 18.6. The van der Waals surface area contributed by atoms with E-state index in [1.165, 1.54) is 23.1 Å². The van der Waals surface area contributed by atoms with Gasteiger partial charge in [-0.15, -0.1) is 0 Å². The molecule has 0 radical (unpaired) electrons. The summed E-state index contributed by atoms with van der Waals surface area (Å²) >= 11 is 0. The van der Waals surface area contributed by atoms with Gasteiger partial charge in [0.15, 0.2) is 5.60 Å². The molecule has 0 unspecified atom stereocenters. The molecule has 5 nitrogen and oxygen atoms in total. The van der Waals surface area contributed by atoms with Crippen LogP contribution in [-0.2, 0) is 0 Å². The van der Waals surface area contributed by atoms with Gasteiger partial charge in [-0.3, -0.25) is 4.79 Å². The molecule has 1 aromatic carbocycles. The molecule has 1 amide bonds.